The van der Waals surface area contributed by atoms with Crippen LogP contribution in [0.1, 0.15) is 52.1 Å². The van der Waals surface area contributed by atoms with Crippen molar-refractivity contribution in [1.82, 2.24) is 9.78 Å². The predicted molar refractivity (Wildman–Crippen MR) is 68.1 cm³/mol. The maximum absolute atomic E-state index is 4.40. The normalized spacial score (nSPS) is 11.7. The van der Waals surface area contributed by atoms with Gasteiger partial charge in [-0.15, -0.1) is 0 Å². The van der Waals surface area contributed by atoms with Crippen molar-refractivity contribution in [2.75, 3.05) is 0 Å². The molecule has 0 bridgehead atoms. The van der Waals surface area contributed by atoms with Crippen LogP contribution in [0, 0.1) is 5.92 Å². The smallest absolute Gasteiger partial charge is 0.0635 e. The molecule has 0 radical (unpaired) electrons. The van der Waals surface area contributed by atoms with E-state index in [0.29, 0.717) is 5.92 Å². The summed E-state index contributed by atoms with van der Waals surface area (Å²) in [6.45, 7) is 9.99. The minimum absolute atomic E-state index is 0.529. The van der Waals surface area contributed by atoms with Gasteiger partial charge < -0.3 is 0 Å². The third-order valence-corrected chi connectivity index (χ3v) is 3.14. The highest BCUT2D eigenvalue weighted by Gasteiger charge is 2.11. The Balaban J connectivity index is 2.61. The van der Waals surface area contributed by atoms with E-state index in [9.17, 15) is 0 Å². The van der Waals surface area contributed by atoms with Crippen molar-refractivity contribution in [3.63, 3.8) is 0 Å². The number of halogens is 1. The molecule has 0 unspecified atom stereocenters. The third kappa shape index (κ3) is 3.63. The molecule has 1 aromatic heterocycles. The summed E-state index contributed by atoms with van der Waals surface area (Å²) in [7, 11) is 0. The largest absolute Gasteiger partial charge is 0.268 e. The zero-order valence-electron chi connectivity index (χ0n) is 10.1. The van der Waals surface area contributed by atoms with Gasteiger partial charge in [0.25, 0.3) is 0 Å². The standard InChI is InChI=1S/C12H21BrN2/c1-9(2)6-5-7-15-12(10(3)4)11(13)8-14-15/h8-10H,5-7H2,1-4H3. The molecule has 0 aliphatic heterocycles. The number of hydrogen-bond donors (Lipinski definition) is 0. The summed E-state index contributed by atoms with van der Waals surface area (Å²) >= 11 is 3.56. The zero-order valence-corrected chi connectivity index (χ0v) is 11.7. The molecule has 0 fully saturated rings. The van der Waals surface area contributed by atoms with Crippen LogP contribution in [0.5, 0.6) is 0 Å². The summed E-state index contributed by atoms with van der Waals surface area (Å²) in [4.78, 5) is 0. The van der Waals surface area contributed by atoms with Gasteiger partial charge in [-0.25, -0.2) is 0 Å². The molecule has 0 N–H and O–H groups in total. The zero-order chi connectivity index (χ0) is 11.4. The first kappa shape index (κ1) is 12.8. The first-order valence-corrected chi connectivity index (χ1v) is 6.53. The summed E-state index contributed by atoms with van der Waals surface area (Å²) in [6.07, 6.45) is 4.39. The molecule has 3 heteroatoms. The Labute approximate surface area is 101 Å². The summed E-state index contributed by atoms with van der Waals surface area (Å²) < 4.78 is 3.28. The van der Waals surface area contributed by atoms with Gasteiger partial charge in [-0.2, -0.15) is 5.10 Å². The Morgan fingerprint density at radius 2 is 2.00 bits per heavy atom. The minimum Gasteiger partial charge on any atom is -0.268 e. The lowest BCUT2D eigenvalue weighted by Crippen LogP contribution is -2.07. The van der Waals surface area contributed by atoms with Crippen molar-refractivity contribution in [2.45, 2.75) is 53.0 Å². The molecular weight excluding hydrogens is 252 g/mol. The van der Waals surface area contributed by atoms with Crippen molar-refractivity contribution >= 4 is 15.9 Å². The second-order valence-corrected chi connectivity index (χ2v) is 5.65. The second kappa shape index (κ2) is 5.69. The predicted octanol–water partition coefficient (Wildman–Crippen LogP) is 4.21. The highest BCUT2D eigenvalue weighted by molar-refractivity contribution is 9.10. The maximum atomic E-state index is 4.40. The fourth-order valence-corrected chi connectivity index (χ4v) is 2.53. The highest BCUT2D eigenvalue weighted by Crippen LogP contribution is 2.24. The third-order valence-electron chi connectivity index (χ3n) is 2.53. The minimum atomic E-state index is 0.529. The lowest BCUT2D eigenvalue weighted by Gasteiger charge is -2.11. The molecule has 1 heterocycles. The van der Waals surface area contributed by atoms with Gasteiger partial charge in [-0.1, -0.05) is 27.7 Å². The highest BCUT2D eigenvalue weighted by atomic mass is 79.9. The number of aromatic nitrogens is 2. The van der Waals surface area contributed by atoms with Crippen LogP contribution in [0.3, 0.4) is 0 Å². The van der Waals surface area contributed by atoms with Crippen LogP contribution >= 0.6 is 15.9 Å². The Morgan fingerprint density at radius 1 is 1.33 bits per heavy atom. The van der Waals surface area contributed by atoms with Crippen molar-refractivity contribution in [2.24, 2.45) is 5.92 Å². The molecule has 0 aliphatic carbocycles. The molecule has 0 saturated heterocycles. The molecule has 0 spiro atoms. The van der Waals surface area contributed by atoms with Gasteiger partial charge >= 0.3 is 0 Å². The molecular formula is C12H21BrN2. The Bertz CT molecular complexity index is 303. The van der Waals surface area contributed by atoms with Gasteiger partial charge in [0.2, 0.25) is 0 Å². The van der Waals surface area contributed by atoms with E-state index in [2.05, 4.69) is 53.4 Å². The molecule has 0 atom stereocenters. The number of rotatable bonds is 5. The lowest BCUT2D eigenvalue weighted by atomic mass is 10.1. The Morgan fingerprint density at radius 3 is 2.53 bits per heavy atom. The lowest BCUT2D eigenvalue weighted by molar-refractivity contribution is 0.474. The fraction of sp³-hybridized carbons (Fsp3) is 0.750. The van der Waals surface area contributed by atoms with Crippen LogP contribution in [0.15, 0.2) is 10.7 Å². The van der Waals surface area contributed by atoms with Gasteiger partial charge in [0, 0.05) is 6.54 Å². The van der Waals surface area contributed by atoms with Crippen molar-refractivity contribution < 1.29 is 0 Å². The number of aryl methyl sites for hydroxylation is 1. The van der Waals surface area contributed by atoms with Gasteiger partial charge in [-0.3, -0.25) is 4.68 Å². The van der Waals surface area contributed by atoms with E-state index < -0.39 is 0 Å². The number of hydrogen-bond acceptors (Lipinski definition) is 1. The summed E-state index contributed by atoms with van der Waals surface area (Å²) in [6, 6.07) is 0. The average molecular weight is 273 g/mol. The monoisotopic (exact) mass is 272 g/mol. The SMILES string of the molecule is CC(C)CCCn1ncc(Br)c1C(C)C. The van der Waals surface area contributed by atoms with Gasteiger partial charge in [0.1, 0.15) is 0 Å². The van der Waals surface area contributed by atoms with Crippen molar-refractivity contribution in [1.29, 1.82) is 0 Å². The molecule has 1 rings (SSSR count). The van der Waals surface area contributed by atoms with Crippen LogP contribution in [-0.4, -0.2) is 9.78 Å². The molecule has 2 nitrogen and oxygen atoms in total. The second-order valence-electron chi connectivity index (χ2n) is 4.79. The first-order chi connectivity index (χ1) is 7.02. The molecule has 0 saturated carbocycles. The van der Waals surface area contributed by atoms with Crippen LogP contribution in [0.2, 0.25) is 0 Å². The van der Waals surface area contributed by atoms with Crippen LogP contribution < -0.4 is 0 Å². The number of nitrogens with zero attached hydrogens (tertiary/aromatic N) is 2. The topological polar surface area (TPSA) is 17.8 Å². The molecule has 0 amide bonds. The first-order valence-electron chi connectivity index (χ1n) is 5.73. The van der Waals surface area contributed by atoms with Gasteiger partial charge in [0.15, 0.2) is 0 Å². The van der Waals surface area contributed by atoms with E-state index in [1.807, 2.05) is 6.20 Å². The molecule has 15 heavy (non-hydrogen) atoms. The summed E-state index contributed by atoms with van der Waals surface area (Å²) in [5.74, 6) is 1.31. The van der Waals surface area contributed by atoms with E-state index in [4.69, 9.17) is 0 Å². The maximum Gasteiger partial charge on any atom is 0.0635 e. The van der Waals surface area contributed by atoms with Crippen molar-refractivity contribution in [3.05, 3.63) is 16.4 Å². The van der Waals surface area contributed by atoms with Gasteiger partial charge in [-0.05, 0) is 40.6 Å². The van der Waals surface area contributed by atoms with E-state index in [1.54, 1.807) is 0 Å². The molecule has 1 aromatic rings. The summed E-state index contributed by atoms with van der Waals surface area (Å²) in [5.41, 5.74) is 1.32. The molecule has 0 aromatic carbocycles. The average Bonchev–Trinajstić information content (AvgIpc) is 2.46. The van der Waals surface area contributed by atoms with E-state index in [-0.39, 0.29) is 0 Å². The Kier molecular flexibility index (Phi) is 4.84. The van der Waals surface area contributed by atoms with Crippen LogP contribution in [-0.2, 0) is 6.54 Å². The molecule has 0 aliphatic rings. The quantitative estimate of drug-likeness (QED) is 0.786. The van der Waals surface area contributed by atoms with Crippen LogP contribution in [0.4, 0.5) is 0 Å². The van der Waals surface area contributed by atoms with Crippen LogP contribution in [0.25, 0.3) is 0 Å². The Hall–Kier alpha value is -0.310. The molecule has 86 valence electrons. The summed E-state index contributed by atoms with van der Waals surface area (Å²) in [5, 5.41) is 4.40. The van der Waals surface area contributed by atoms with Gasteiger partial charge in [0.05, 0.1) is 16.4 Å². The van der Waals surface area contributed by atoms with E-state index in [0.717, 1.165) is 16.9 Å². The fourth-order valence-electron chi connectivity index (χ4n) is 1.77. The van der Waals surface area contributed by atoms with Crippen molar-refractivity contribution in [3.8, 4) is 0 Å². The van der Waals surface area contributed by atoms with E-state index in [1.165, 1.54) is 18.5 Å². The van der Waals surface area contributed by atoms with E-state index >= 15 is 0 Å².